The maximum Gasteiger partial charge on any atom is 0.265 e. The van der Waals surface area contributed by atoms with Gasteiger partial charge in [-0.3, -0.25) is 4.79 Å². The van der Waals surface area contributed by atoms with Crippen LogP contribution in [-0.2, 0) is 24.0 Å². The van der Waals surface area contributed by atoms with E-state index in [1.165, 1.54) is 11.1 Å². The predicted molar refractivity (Wildman–Crippen MR) is 89.8 cm³/mol. The molecule has 0 fully saturated rings. The Hall–Kier alpha value is -1.79. The van der Waals surface area contributed by atoms with Crippen molar-refractivity contribution in [1.29, 1.82) is 0 Å². The van der Waals surface area contributed by atoms with Gasteiger partial charge in [-0.1, -0.05) is 42.1 Å². The summed E-state index contributed by atoms with van der Waals surface area (Å²) in [5, 5.41) is 7.07. The summed E-state index contributed by atoms with van der Waals surface area (Å²) in [4.78, 5) is 13.1. The van der Waals surface area contributed by atoms with E-state index in [2.05, 4.69) is 34.0 Å². The molecule has 1 amide bonds. The highest BCUT2D eigenvalue weighted by Gasteiger charge is 2.37. The van der Waals surface area contributed by atoms with Gasteiger partial charge in [0.05, 0.1) is 11.3 Å². The van der Waals surface area contributed by atoms with Crippen molar-refractivity contribution in [2.75, 3.05) is 13.7 Å². The van der Waals surface area contributed by atoms with Gasteiger partial charge in [-0.2, -0.15) is 0 Å². The standard InChI is InChI=1S/C17H21N3O2S/c1-3-6-14-15(23-20-19-14)16(21)18-11-17(22-2)9-12-7-4-5-8-13(12)10-17/h4-5,7-8H,3,6,9-11H2,1-2H3,(H,18,21). The van der Waals surface area contributed by atoms with Crippen LogP contribution in [0.3, 0.4) is 0 Å². The Kier molecular flexibility index (Phi) is 4.73. The van der Waals surface area contributed by atoms with Gasteiger partial charge in [0, 0.05) is 26.5 Å². The lowest BCUT2D eigenvalue weighted by Crippen LogP contribution is -2.45. The van der Waals surface area contributed by atoms with Gasteiger partial charge in [-0.15, -0.1) is 5.10 Å². The topological polar surface area (TPSA) is 64.1 Å². The number of amides is 1. The molecule has 0 saturated heterocycles. The van der Waals surface area contributed by atoms with Crippen molar-refractivity contribution in [1.82, 2.24) is 14.9 Å². The molecular formula is C17H21N3O2S. The van der Waals surface area contributed by atoms with Crippen molar-refractivity contribution in [2.45, 2.75) is 38.2 Å². The average Bonchev–Trinajstić information content (AvgIpc) is 3.17. The quantitative estimate of drug-likeness (QED) is 0.883. The summed E-state index contributed by atoms with van der Waals surface area (Å²) in [5.74, 6) is -0.101. The summed E-state index contributed by atoms with van der Waals surface area (Å²) < 4.78 is 9.70. The molecular weight excluding hydrogens is 310 g/mol. The monoisotopic (exact) mass is 331 g/mol. The summed E-state index contributed by atoms with van der Waals surface area (Å²) in [7, 11) is 1.72. The van der Waals surface area contributed by atoms with E-state index in [1.807, 2.05) is 12.1 Å². The molecule has 0 bridgehead atoms. The maximum atomic E-state index is 12.5. The summed E-state index contributed by atoms with van der Waals surface area (Å²) in [6.07, 6.45) is 3.37. The molecule has 1 aliphatic carbocycles. The first kappa shape index (κ1) is 16.1. The third kappa shape index (κ3) is 3.28. The molecule has 0 atom stereocenters. The van der Waals surface area contributed by atoms with Crippen LogP contribution in [0.4, 0.5) is 0 Å². The van der Waals surface area contributed by atoms with Crippen molar-refractivity contribution in [3.8, 4) is 0 Å². The number of ether oxygens (including phenoxy) is 1. The van der Waals surface area contributed by atoms with Crippen LogP contribution in [0.25, 0.3) is 0 Å². The lowest BCUT2D eigenvalue weighted by molar-refractivity contribution is 0.000199. The van der Waals surface area contributed by atoms with E-state index >= 15 is 0 Å². The summed E-state index contributed by atoms with van der Waals surface area (Å²) >= 11 is 1.16. The number of hydrogen-bond donors (Lipinski definition) is 1. The average molecular weight is 331 g/mol. The van der Waals surface area contributed by atoms with Crippen molar-refractivity contribution >= 4 is 17.4 Å². The van der Waals surface area contributed by atoms with Crippen LogP contribution in [0.1, 0.15) is 39.8 Å². The van der Waals surface area contributed by atoms with Gasteiger partial charge in [0.2, 0.25) is 0 Å². The van der Waals surface area contributed by atoms with E-state index in [1.54, 1.807) is 7.11 Å². The van der Waals surface area contributed by atoms with Gasteiger partial charge in [-0.05, 0) is 29.1 Å². The van der Waals surface area contributed by atoms with E-state index in [4.69, 9.17) is 4.74 Å². The van der Waals surface area contributed by atoms with E-state index in [0.29, 0.717) is 11.4 Å². The van der Waals surface area contributed by atoms with Gasteiger partial charge in [0.15, 0.2) is 0 Å². The zero-order chi connectivity index (χ0) is 16.3. The van der Waals surface area contributed by atoms with E-state index in [9.17, 15) is 4.79 Å². The first-order chi connectivity index (χ1) is 11.2. The molecule has 2 aromatic rings. The van der Waals surface area contributed by atoms with Gasteiger partial charge in [-0.25, -0.2) is 0 Å². The number of carbonyl (C=O) groups is 1. The minimum absolute atomic E-state index is 0.101. The third-order valence-corrected chi connectivity index (χ3v) is 5.16. The van der Waals surface area contributed by atoms with Crippen LogP contribution in [0, 0.1) is 0 Å². The number of fused-ring (bicyclic) bond motifs is 1. The number of aromatic nitrogens is 2. The molecule has 1 N–H and O–H groups in total. The second kappa shape index (κ2) is 6.76. The molecule has 0 aliphatic heterocycles. The molecule has 0 unspecified atom stereocenters. The molecule has 3 rings (SSSR count). The molecule has 1 heterocycles. The third-order valence-electron chi connectivity index (χ3n) is 4.40. The molecule has 1 aromatic carbocycles. The van der Waals surface area contributed by atoms with Crippen molar-refractivity contribution in [2.24, 2.45) is 0 Å². The molecule has 0 saturated carbocycles. The zero-order valence-corrected chi connectivity index (χ0v) is 14.3. The Bertz CT molecular complexity index is 674. The SMILES string of the molecule is CCCc1nnsc1C(=O)NCC1(OC)Cc2ccccc2C1. The van der Waals surface area contributed by atoms with Gasteiger partial charge >= 0.3 is 0 Å². The normalized spacial score (nSPS) is 15.4. The molecule has 5 nitrogen and oxygen atoms in total. The van der Waals surface area contributed by atoms with E-state index < -0.39 is 0 Å². The summed E-state index contributed by atoms with van der Waals surface area (Å²) in [5.41, 5.74) is 3.03. The minimum atomic E-state index is -0.359. The van der Waals surface area contributed by atoms with Gasteiger partial charge in [0.1, 0.15) is 4.88 Å². The summed E-state index contributed by atoms with van der Waals surface area (Å²) in [6.45, 7) is 2.55. The second-order valence-electron chi connectivity index (χ2n) is 5.99. The highest BCUT2D eigenvalue weighted by molar-refractivity contribution is 7.08. The lowest BCUT2D eigenvalue weighted by Gasteiger charge is -2.27. The van der Waals surface area contributed by atoms with Crippen LogP contribution in [0.15, 0.2) is 24.3 Å². The van der Waals surface area contributed by atoms with Crippen LogP contribution in [0.5, 0.6) is 0 Å². The first-order valence-electron chi connectivity index (χ1n) is 7.89. The van der Waals surface area contributed by atoms with Crippen LogP contribution in [0.2, 0.25) is 0 Å². The molecule has 6 heteroatoms. The molecule has 0 spiro atoms. The van der Waals surface area contributed by atoms with Gasteiger partial charge < -0.3 is 10.1 Å². The van der Waals surface area contributed by atoms with Crippen molar-refractivity contribution in [3.63, 3.8) is 0 Å². The fourth-order valence-electron chi connectivity index (χ4n) is 3.10. The number of rotatable bonds is 6. The molecule has 1 aliphatic rings. The highest BCUT2D eigenvalue weighted by atomic mass is 32.1. The Balaban J connectivity index is 1.67. The molecule has 1 aromatic heterocycles. The zero-order valence-electron chi connectivity index (χ0n) is 13.5. The number of methoxy groups -OCH3 is 1. The fourth-order valence-corrected chi connectivity index (χ4v) is 3.73. The van der Waals surface area contributed by atoms with Crippen LogP contribution >= 0.6 is 11.5 Å². The number of hydrogen-bond acceptors (Lipinski definition) is 5. The second-order valence-corrected chi connectivity index (χ2v) is 6.74. The highest BCUT2D eigenvalue weighted by Crippen LogP contribution is 2.32. The first-order valence-corrected chi connectivity index (χ1v) is 8.66. The Morgan fingerprint density at radius 2 is 2.04 bits per heavy atom. The largest absolute Gasteiger partial charge is 0.376 e. The minimum Gasteiger partial charge on any atom is -0.376 e. The van der Waals surface area contributed by atoms with Crippen LogP contribution < -0.4 is 5.32 Å². The lowest BCUT2D eigenvalue weighted by atomic mass is 10.00. The molecule has 122 valence electrons. The Labute approximate surface area is 140 Å². The molecule has 23 heavy (non-hydrogen) atoms. The number of nitrogens with zero attached hydrogens (tertiary/aromatic N) is 2. The van der Waals surface area contributed by atoms with Gasteiger partial charge in [0.25, 0.3) is 5.91 Å². The predicted octanol–water partition coefficient (Wildman–Crippen LogP) is 2.40. The van der Waals surface area contributed by atoms with Crippen LogP contribution in [-0.4, -0.2) is 34.7 Å². The number of aryl methyl sites for hydroxylation is 1. The van der Waals surface area contributed by atoms with E-state index in [-0.39, 0.29) is 11.5 Å². The van der Waals surface area contributed by atoms with E-state index in [0.717, 1.165) is 42.9 Å². The smallest absolute Gasteiger partial charge is 0.265 e. The Morgan fingerprint density at radius 3 is 2.65 bits per heavy atom. The number of benzene rings is 1. The molecule has 0 radical (unpaired) electrons. The van der Waals surface area contributed by atoms with Crippen molar-refractivity contribution in [3.05, 3.63) is 46.0 Å². The number of nitrogens with one attached hydrogen (secondary N) is 1. The Morgan fingerprint density at radius 1 is 1.35 bits per heavy atom. The summed E-state index contributed by atoms with van der Waals surface area (Å²) in [6, 6.07) is 8.35. The maximum absolute atomic E-state index is 12.5. The number of carbonyl (C=O) groups excluding carboxylic acids is 1. The fraction of sp³-hybridized carbons (Fsp3) is 0.471. The van der Waals surface area contributed by atoms with Crippen molar-refractivity contribution < 1.29 is 9.53 Å².